The Bertz CT molecular complexity index is 366. The lowest BCUT2D eigenvalue weighted by Crippen LogP contribution is -1.93. The first-order valence-electron chi connectivity index (χ1n) is 5.07. The molecule has 1 aromatic rings. The van der Waals surface area contributed by atoms with Crippen LogP contribution < -0.4 is 0 Å². The number of Topliss-reactive ketones (excluding diaryl/α,β-unsaturated/α-hetero) is 1. The molecular formula is C12H15ClO2S. The van der Waals surface area contributed by atoms with Crippen LogP contribution in [-0.2, 0) is 4.74 Å². The molecule has 0 aliphatic rings. The van der Waals surface area contributed by atoms with E-state index in [-0.39, 0.29) is 5.78 Å². The minimum absolute atomic E-state index is 0.0397. The molecule has 0 N–H and O–H groups in total. The number of ether oxygens (including phenoxy) is 1. The van der Waals surface area contributed by atoms with Gasteiger partial charge >= 0.3 is 0 Å². The van der Waals surface area contributed by atoms with E-state index in [1.54, 1.807) is 24.9 Å². The van der Waals surface area contributed by atoms with Crippen molar-refractivity contribution in [1.82, 2.24) is 0 Å². The van der Waals surface area contributed by atoms with Crippen LogP contribution in [0.15, 0.2) is 23.1 Å². The maximum Gasteiger partial charge on any atom is 0.159 e. The number of halogens is 1. The fourth-order valence-electron chi connectivity index (χ4n) is 1.22. The van der Waals surface area contributed by atoms with E-state index >= 15 is 0 Å². The highest BCUT2D eigenvalue weighted by Crippen LogP contribution is 2.28. The van der Waals surface area contributed by atoms with Gasteiger partial charge in [-0.15, -0.1) is 11.8 Å². The number of carbonyl (C=O) groups is 1. The summed E-state index contributed by atoms with van der Waals surface area (Å²) in [6, 6.07) is 5.44. The summed E-state index contributed by atoms with van der Waals surface area (Å²) in [7, 11) is 1.69. The van der Waals surface area contributed by atoms with Crippen LogP contribution in [0.25, 0.3) is 0 Å². The summed E-state index contributed by atoms with van der Waals surface area (Å²) < 4.78 is 4.97. The number of hydrogen-bond donors (Lipinski definition) is 0. The third kappa shape index (κ3) is 4.16. The third-order valence-electron chi connectivity index (χ3n) is 2.09. The van der Waals surface area contributed by atoms with Gasteiger partial charge < -0.3 is 4.74 Å². The van der Waals surface area contributed by atoms with Crippen molar-refractivity contribution in [3.05, 3.63) is 28.8 Å². The molecule has 0 bridgehead atoms. The molecule has 0 heterocycles. The van der Waals surface area contributed by atoms with Crippen LogP contribution in [0.2, 0.25) is 5.02 Å². The summed E-state index contributed by atoms with van der Waals surface area (Å²) in [5.41, 5.74) is 0.659. The Kier molecular flexibility index (Phi) is 5.88. The van der Waals surface area contributed by atoms with E-state index in [0.717, 1.165) is 23.7 Å². The second kappa shape index (κ2) is 6.94. The number of thioether (sulfide) groups is 1. The molecule has 0 radical (unpaired) electrons. The molecule has 4 heteroatoms. The first-order chi connectivity index (χ1) is 7.65. The standard InChI is InChI=1S/C12H15ClO2S/c1-9(14)10-4-5-12(11(13)8-10)16-7-3-6-15-2/h4-5,8H,3,6-7H2,1-2H3. The van der Waals surface area contributed by atoms with Crippen LogP contribution >= 0.6 is 23.4 Å². The predicted molar refractivity (Wildman–Crippen MR) is 68.7 cm³/mol. The second-order valence-corrected chi connectivity index (χ2v) is 4.94. The molecule has 0 unspecified atom stereocenters. The van der Waals surface area contributed by atoms with Gasteiger partial charge in [0.15, 0.2) is 5.78 Å². The van der Waals surface area contributed by atoms with Gasteiger partial charge in [-0.25, -0.2) is 0 Å². The summed E-state index contributed by atoms with van der Waals surface area (Å²) >= 11 is 7.77. The van der Waals surface area contributed by atoms with E-state index in [4.69, 9.17) is 16.3 Å². The van der Waals surface area contributed by atoms with Crippen molar-refractivity contribution < 1.29 is 9.53 Å². The lowest BCUT2D eigenvalue weighted by atomic mass is 10.1. The van der Waals surface area contributed by atoms with Gasteiger partial charge in [-0.05, 0) is 25.5 Å². The van der Waals surface area contributed by atoms with Crippen molar-refractivity contribution in [2.75, 3.05) is 19.5 Å². The molecule has 1 rings (SSSR count). The van der Waals surface area contributed by atoms with Crippen LogP contribution in [0.3, 0.4) is 0 Å². The number of ketones is 1. The molecule has 0 spiro atoms. The lowest BCUT2D eigenvalue weighted by Gasteiger charge is -2.05. The zero-order chi connectivity index (χ0) is 12.0. The van der Waals surface area contributed by atoms with Gasteiger partial charge in [0.1, 0.15) is 0 Å². The van der Waals surface area contributed by atoms with Gasteiger partial charge in [0.25, 0.3) is 0 Å². The van der Waals surface area contributed by atoms with Crippen LogP contribution in [-0.4, -0.2) is 25.3 Å². The fourth-order valence-corrected chi connectivity index (χ4v) is 2.41. The van der Waals surface area contributed by atoms with E-state index in [0.29, 0.717) is 10.6 Å². The SMILES string of the molecule is COCCCSc1ccc(C(C)=O)cc1Cl. The van der Waals surface area contributed by atoms with Crippen LogP contribution in [0, 0.1) is 0 Å². The molecule has 0 aromatic heterocycles. The van der Waals surface area contributed by atoms with E-state index in [9.17, 15) is 4.79 Å². The Labute approximate surface area is 105 Å². The minimum Gasteiger partial charge on any atom is -0.385 e. The highest BCUT2D eigenvalue weighted by atomic mass is 35.5. The minimum atomic E-state index is 0.0397. The molecule has 0 saturated heterocycles. The number of hydrogen-bond acceptors (Lipinski definition) is 3. The third-order valence-corrected chi connectivity index (χ3v) is 3.67. The molecule has 0 aliphatic carbocycles. The molecule has 0 amide bonds. The molecule has 0 atom stereocenters. The quantitative estimate of drug-likeness (QED) is 0.442. The molecule has 88 valence electrons. The molecule has 16 heavy (non-hydrogen) atoms. The number of methoxy groups -OCH3 is 1. The van der Waals surface area contributed by atoms with Crippen molar-refractivity contribution in [1.29, 1.82) is 0 Å². The van der Waals surface area contributed by atoms with Crippen LogP contribution in [0.5, 0.6) is 0 Å². The summed E-state index contributed by atoms with van der Waals surface area (Å²) in [6.07, 6.45) is 0.992. The van der Waals surface area contributed by atoms with E-state index in [2.05, 4.69) is 0 Å². The Morgan fingerprint density at radius 3 is 2.81 bits per heavy atom. The smallest absolute Gasteiger partial charge is 0.159 e. The largest absolute Gasteiger partial charge is 0.385 e. The predicted octanol–water partition coefficient (Wildman–Crippen LogP) is 3.67. The van der Waals surface area contributed by atoms with Gasteiger partial charge in [0.2, 0.25) is 0 Å². The van der Waals surface area contributed by atoms with Gasteiger partial charge in [0.05, 0.1) is 5.02 Å². The number of carbonyl (C=O) groups excluding carboxylic acids is 1. The average Bonchev–Trinajstić information content (AvgIpc) is 2.26. The van der Waals surface area contributed by atoms with Crippen molar-refractivity contribution in [2.24, 2.45) is 0 Å². The maximum absolute atomic E-state index is 11.1. The summed E-state index contributed by atoms with van der Waals surface area (Å²) in [5.74, 6) is 1.00. The maximum atomic E-state index is 11.1. The first kappa shape index (κ1) is 13.6. The molecule has 2 nitrogen and oxygen atoms in total. The normalized spacial score (nSPS) is 10.4. The zero-order valence-electron chi connectivity index (χ0n) is 9.46. The van der Waals surface area contributed by atoms with Gasteiger partial charge in [-0.3, -0.25) is 4.79 Å². The molecule has 0 aliphatic heterocycles. The molecule has 0 saturated carbocycles. The van der Waals surface area contributed by atoms with Crippen molar-refractivity contribution in [3.63, 3.8) is 0 Å². The molecule has 0 fully saturated rings. The number of benzene rings is 1. The van der Waals surface area contributed by atoms with Crippen molar-refractivity contribution in [3.8, 4) is 0 Å². The Balaban J connectivity index is 2.57. The van der Waals surface area contributed by atoms with Crippen LogP contribution in [0.1, 0.15) is 23.7 Å². The van der Waals surface area contributed by atoms with E-state index < -0.39 is 0 Å². The summed E-state index contributed by atoms with van der Waals surface area (Å²) in [6.45, 7) is 2.30. The van der Waals surface area contributed by atoms with E-state index in [1.165, 1.54) is 6.92 Å². The molecular weight excluding hydrogens is 244 g/mol. The zero-order valence-corrected chi connectivity index (χ0v) is 11.0. The number of rotatable bonds is 6. The van der Waals surface area contributed by atoms with Crippen molar-refractivity contribution >= 4 is 29.1 Å². The first-order valence-corrected chi connectivity index (χ1v) is 6.43. The van der Waals surface area contributed by atoms with Crippen LogP contribution in [0.4, 0.5) is 0 Å². The summed E-state index contributed by atoms with van der Waals surface area (Å²) in [5, 5.41) is 0.648. The van der Waals surface area contributed by atoms with Gasteiger partial charge in [0, 0.05) is 29.9 Å². The van der Waals surface area contributed by atoms with Gasteiger partial charge in [-0.1, -0.05) is 17.7 Å². The highest BCUT2D eigenvalue weighted by molar-refractivity contribution is 7.99. The second-order valence-electron chi connectivity index (χ2n) is 3.40. The van der Waals surface area contributed by atoms with E-state index in [1.807, 2.05) is 12.1 Å². The Hall–Kier alpha value is -0.510. The topological polar surface area (TPSA) is 26.3 Å². The monoisotopic (exact) mass is 258 g/mol. The highest BCUT2D eigenvalue weighted by Gasteiger charge is 2.05. The Morgan fingerprint density at radius 1 is 1.50 bits per heavy atom. The summed E-state index contributed by atoms with van der Waals surface area (Å²) in [4.78, 5) is 12.1. The molecule has 1 aromatic carbocycles. The average molecular weight is 259 g/mol. The lowest BCUT2D eigenvalue weighted by molar-refractivity contribution is 0.101. The Morgan fingerprint density at radius 2 is 2.25 bits per heavy atom. The van der Waals surface area contributed by atoms with Gasteiger partial charge in [-0.2, -0.15) is 0 Å². The van der Waals surface area contributed by atoms with Crippen molar-refractivity contribution in [2.45, 2.75) is 18.2 Å². The fraction of sp³-hybridized carbons (Fsp3) is 0.417.